The maximum absolute atomic E-state index is 13.1. The van der Waals surface area contributed by atoms with Crippen LogP contribution in [0.25, 0.3) is 0 Å². The van der Waals surface area contributed by atoms with E-state index < -0.39 is 49.0 Å². The van der Waals surface area contributed by atoms with E-state index in [0.29, 0.717) is 12.8 Å². The summed E-state index contributed by atoms with van der Waals surface area (Å²) in [6, 6.07) is -0.954. The number of hydrogen-bond acceptors (Lipinski definition) is 9. The first-order valence-electron chi connectivity index (χ1n) is 26.2. The molecule has 0 aromatic rings. The second-order valence-electron chi connectivity index (χ2n) is 18.7. The van der Waals surface area contributed by atoms with Gasteiger partial charge in [-0.25, -0.2) is 0 Å². The molecule has 1 rings (SSSR count). The third kappa shape index (κ3) is 31.6. The largest absolute Gasteiger partial charge is 0.390 e. The molecular formula is C51H101NO9. The van der Waals surface area contributed by atoms with E-state index in [1.807, 2.05) is 0 Å². The quantitative estimate of drug-likeness (QED) is 0.0328. The van der Waals surface area contributed by atoms with Crippen LogP contribution in [0.1, 0.15) is 251 Å². The zero-order chi connectivity index (χ0) is 44.6. The second kappa shape index (κ2) is 41.8. The first kappa shape index (κ1) is 58.2. The number of aliphatic hydroxyl groups excluding tert-OH is 5. The summed E-state index contributed by atoms with van der Waals surface area (Å²) >= 11 is 0. The highest BCUT2D eigenvalue weighted by Gasteiger charge is 2.45. The summed E-state index contributed by atoms with van der Waals surface area (Å²) in [7, 11) is 1.44. The Morgan fingerprint density at radius 3 is 1.26 bits per heavy atom. The fourth-order valence-electron chi connectivity index (χ4n) is 8.76. The summed E-state index contributed by atoms with van der Waals surface area (Å²) in [6.07, 6.45) is 36.3. The topological polar surface area (TPSA) is 158 Å². The molecular weight excluding hydrogens is 771 g/mol. The molecule has 0 aromatic heterocycles. The van der Waals surface area contributed by atoms with Crippen LogP contribution in [-0.4, -0.2) is 101 Å². The maximum atomic E-state index is 13.1. The minimum atomic E-state index is -1.54. The summed E-state index contributed by atoms with van der Waals surface area (Å²) < 4.78 is 16.6. The molecule has 0 bridgehead atoms. The number of unbranched alkanes of at least 4 members (excludes halogenated alkanes) is 33. The molecule has 6 N–H and O–H groups in total. The number of methoxy groups -OCH3 is 1. The van der Waals surface area contributed by atoms with Crippen LogP contribution in [0.5, 0.6) is 0 Å². The standard InChI is InChI=1S/C51H101NO9/c1-4-6-8-10-12-14-16-18-19-20-21-22-23-24-25-26-27-28-30-32-34-36-38-40-46(54)52-43(41-60-51-50(58)49(57)48(56)45(61-51)42-59-3)47(55)44(53)39-37-35-33-31-29-17-15-13-11-9-7-5-2/h43-45,47-51,53,55-58H,4-42H2,1-3H3,(H,52,54)/t43-,44+,45?,47-,48-,49?,50?,51-/m0/s1. The fraction of sp³-hybridized carbons (Fsp3) is 0.980. The van der Waals surface area contributed by atoms with E-state index in [0.717, 1.165) is 38.5 Å². The van der Waals surface area contributed by atoms with Gasteiger partial charge in [0.2, 0.25) is 5.91 Å². The van der Waals surface area contributed by atoms with Gasteiger partial charge in [-0.15, -0.1) is 0 Å². The van der Waals surface area contributed by atoms with E-state index in [1.165, 1.54) is 193 Å². The molecule has 0 aliphatic carbocycles. The summed E-state index contributed by atoms with van der Waals surface area (Å²) in [5, 5.41) is 56.3. The van der Waals surface area contributed by atoms with Crippen molar-refractivity contribution in [2.45, 2.75) is 300 Å². The number of carbonyl (C=O) groups is 1. The number of rotatable bonds is 45. The minimum absolute atomic E-state index is 0.0229. The van der Waals surface area contributed by atoms with Crippen molar-refractivity contribution < 1.29 is 44.5 Å². The lowest BCUT2D eigenvalue weighted by Crippen LogP contribution is -2.60. The Kier molecular flexibility index (Phi) is 39.9. The molecule has 0 radical (unpaired) electrons. The monoisotopic (exact) mass is 872 g/mol. The van der Waals surface area contributed by atoms with Crippen molar-refractivity contribution in [2.75, 3.05) is 20.3 Å². The Balaban J connectivity index is 2.30. The average molecular weight is 872 g/mol. The summed E-state index contributed by atoms with van der Waals surface area (Å²) in [6.45, 7) is 4.25. The van der Waals surface area contributed by atoms with Crippen LogP contribution < -0.4 is 5.32 Å². The predicted octanol–water partition coefficient (Wildman–Crippen LogP) is 11.1. The van der Waals surface area contributed by atoms with Crippen molar-refractivity contribution in [2.24, 2.45) is 0 Å². The Labute approximate surface area is 375 Å². The zero-order valence-electron chi connectivity index (χ0n) is 40.1. The van der Waals surface area contributed by atoms with Gasteiger partial charge in [-0.2, -0.15) is 0 Å². The van der Waals surface area contributed by atoms with Crippen LogP contribution in [-0.2, 0) is 19.0 Å². The predicted molar refractivity (Wildman–Crippen MR) is 251 cm³/mol. The first-order valence-corrected chi connectivity index (χ1v) is 26.2. The first-order chi connectivity index (χ1) is 29.8. The Morgan fingerprint density at radius 2 is 0.885 bits per heavy atom. The van der Waals surface area contributed by atoms with Gasteiger partial charge < -0.3 is 45.1 Å². The van der Waals surface area contributed by atoms with Crippen molar-refractivity contribution in [1.82, 2.24) is 5.32 Å². The lowest BCUT2D eigenvalue weighted by Gasteiger charge is -2.40. The van der Waals surface area contributed by atoms with Crippen molar-refractivity contribution in [3.8, 4) is 0 Å². The van der Waals surface area contributed by atoms with E-state index >= 15 is 0 Å². The molecule has 8 atom stereocenters. The zero-order valence-corrected chi connectivity index (χ0v) is 40.1. The normalized spacial score (nSPS) is 20.8. The van der Waals surface area contributed by atoms with Crippen molar-refractivity contribution in [3.63, 3.8) is 0 Å². The van der Waals surface area contributed by atoms with E-state index in [1.54, 1.807) is 0 Å². The van der Waals surface area contributed by atoms with Gasteiger partial charge >= 0.3 is 0 Å². The van der Waals surface area contributed by atoms with Crippen LogP contribution in [0.15, 0.2) is 0 Å². The third-order valence-electron chi connectivity index (χ3n) is 13.0. The van der Waals surface area contributed by atoms with Gasteiger partial charge in [0, 0.05) is 13.5 Å². The molecule has 364 valence electrons. The molecule has 3 unspecified atom stereocenters. The van der Waals surface area contributed by atoms with Crippen LogP contribution in [0.3, 0.4) is 0 Å². The minimum Gasteiger partial charge on any atom is -0.390 e. The van der Waals surface area contributed by atoms with E-state index in [9.17, 15) is 30.3 Å². The lowest BCUT2D eigenvalue weighted by atomic mass is 9.98. The molecule has 1 aliphatic heterocycles. The van der Waals surface area contributed by atoms with Gasteiger partial charge in [-0.05, 0) is 12.8 Å². The van der Waals surface area contributed by atoms with Crippen LogP contribution in [0.2, 0.25) is 0 Å². The van der Waals surface area contributed by atoms with Crippen LogP contribution >= 0.6 is 0 Å². The van der Waals surface area contributed by atoms with Gasteiger partial charge in [0.15, 0.2) is 6.29 Å². The third-order valence-corrected chi connectivity index (χ3v) is 13.0. The van der Waals surface area contributed by atoms with Crippen molar-refractivity contribution >= 4 is 5.91 Å². The molecule has 1 saturated heterocycles. The highest BCUT2D eigenvalue weighted by atomic mass is 16.7. The maximum Gasteiger partial charge on any atom is 0.220 e. The Hall–Kier alpha value is -0.850. The summed E-state index contributed by atoms with van der Waals surface area (Å²) in [4.78, 5) is 13.1. The average Bonchev–Trinajstić information content (AvgIpc) is 3.25. The van der Waals surface area contributed by atoms with Gasteiger partial charge in [-0.1, -0.05) is 232 Å². The number of amides is 1. The van der Waals surface area contributed by atoms with Gasteiger partial charge in [0.05, 0.1) is 25.4 Å². The molecule has 1 aliphatic rings. The molecule has 10 heteroatoms. The fourth-order valence-corrected chi connectivity index (χ4v) is 8.76. The summed E-state index contributed by atoms with van der Waals surface area (Å²) in [5.74, 6) is -0.230. The SMILES string of the molecule is CCCCCCCCCCCCCCCCCCCCCCCCCC(=O)N[C@@H](CO[C@H]1OC(COC)[C@H](O)C(O)C1O)[C@H](O)[C@H](O)CCCCCCCCCCCCCC. The number of hydrogen-bond donors (Lipinski definition) is 6. The molecule has 61 heavy (non-hydrogen) atoms. The van der Waals surface area contributed by atoms with E-state index in [-0.39, 0.29) is 19.1 Å². The highest BCUT2D eigenvalue weighted by molar-refractivity contribution is 5.76. The Morgan fingerprint density at radius 1 is 0.525 bits per heavy atom. The van der Waals surface area contributed by atoms with Crippen LogP contribution in [0, 0.1) is 0 Å². The van der Waals surface area contributed by atoms with E-state index in [2.05, 4.69) is 19.2 Å². The molecule has 1 heterocycles. The van der Waals surface area contributed by atoms with Gasteiger partial charge in [0.1, 0.15) is 30.5 Å². The second-order valence-corrected chi connectivity index (χ2v) is 18.7. The van der Waals surface area contributed by atoms with Gasteiger partial charge in [0.25, 0.3) is 0 Å². The number of aliphatic hydroxyl groups is 5. The Bertz CT molecular complexity index is 944. The number of nitrogens with one attached hydrogen (secondary N) is 1. The number of ether oxygens (including phenoxy) is 3. The van der Waals surface area contributed by atoms with Crippen LogP contribution in [0.4, 0.5) is 0 Å². The molecule has 1 amide bonds. The lowest BCUT2D eigenvalue weighted by molar-refractivity contribution is -0.304. The molecule has 0 spiro atoms. The smallest absolute Gasteiger partial charge is 0.220 e. The van der Waals surface area contributed by atoms with Crippen molar-refractivity contribution in [1.29, 1.82) is 0 Å². The summed E-state index contributed by atoms with van der Waals surface area (Å²) in [5.41, 5.74) is 0. The molecule has 1 fully saturated rings. The molecule has 0 aromatic carbocycles. The van der Waals surface area contributed by atoms with Crippen molar-refractivity contribution in [3.05, 3.63) is 0 Å². The molecule has 0 saturated carbocycles. The van der Waals surface area contributed by atoms with E-state index in [4.69, 9.17) is 14.2 Å². The number of carbonyl (C=O) groups excluding carboxylic acids is 1. The van der Waals surface area contributed by atoms with Gasteiger partial charge in [-0.3, -0.25) is 4.79 Å². The molecule has 10 nitrogen and oxygen atoms in total. The highest BCUT2D eigenvalue weighted by Crippen LogP contribution is 2.24.